The van der Waals surface area contributed by atoms with Crippen LogP contribution < -0.4 is 16.2 Å². The van der Waals surface area contributed by atoms with Crippen molar-refractivity contribution < 1.29 is 74.3 Å². The Morgan fingerprint density at radius 2 is 0.842 bits per heavy atom. The van der Waals surface area contributed by atoms with Crippen LogP contribution in [0, 0.1) is 34.0 Å². The Morgan fingerprint density at radius 1 is 0.513 bits per heavy atom. The fourth-order valence-corrected chi connectivity index (χ4v) is 8.38. The van der Waals surface area contributed by atoms with Crippen molar-refractivity contribution in [3.8, 4) is 35.3 Å². The summed E-state index contributed by atoms with van der Waals surface area (Å²) < 4.78 is 216. The molecule has 6 aromatic rings. The van der Waals surface area contributed by atoms with E-state index in [0.717, 1.165) is 22.9 Å². The minimum Gasteiger partial charge on any atom is -0.384 e. The van der Waals surface area contributed by atoms with E-state index >= 15 is 0 Å². The number of anilines is 3. The molecule has 0 spiro atoms. The number of halogens is 23. The third kappa shape index (κ3) is 16.8. The maximum atomic E-state index is 12.8. The van der Waals surface area contributed by atoms with E-state index in [0.29, 0.717) is 33.6 Å². The molecule has 0 saturated carbocycles. The highest BCUT2D eigenvalue weighted by Gasteiger charge is 2.43. The molecule has 414 valence electrons. The lowest BCUT2D eigenvalue weighted by Gasteiger charge is -2.15. The second-order valence-corrected chi connectivity index (χ2v) is 17.9. The van der Waals surface area contributed by atoms with Crippen LogP contribution in [-0.2, 0) is 40.3 Å². The van der Waals surface area contributed by atoms with Gasteiger partial charge < -0.3 is 11.5 Å². The number of aromatic nitrogens is 6. The number of benzene rings is 3. The third-order valence-corrected chi connectivity index (χ3v) is 11.9. The molecular formula is C37H21Cl6F15I2N12O2S2. The summed E-state index contributed by atoms with van der Waals surface area (Å²) in [5.74, 6) is -1.48. The van der Waals surface area contributed by atoms with Gasteiger partial charge in [0.2, 0.25) is 11.0 Å². The Balaban J connectivity index is 0.000000558. The van der Waals surface area contributed by atoms with Gasteiger partial charge in [0.1, 0.15) is 57.6 Å². The van der Waals surface area contributed by atoms with E-state index in [4.69, 9.17) is 96.9 Å². The molecule has 0 aliphatic heterocycles. The monoisotopic (exact) mass is 1480 g/mol. The number of hydrogen-bond donors (Lipinski definition) is 3. The van der Waals surface area contributed by atoms with Crippen molar-refractivity contribution in [3.63, 3.8) is 0 Å². The Hall–Kier alpha value is -4.39. The SMILES string of the molecule is C.C.II.N#Cc1cc(N)n(-c2c(Cl)cc(C(F)(F)F)cc2Cl)n1.N#Cc1cc(NS(=O)C(F)(F)F)n(-c2c(Cl)cc(C(F)(F)F)cc2Cl)n1.N#Cc1nn(-c2c(Cl)cc(C(F)(F)F)cc2Cl)c(N)c1S(=O)C(F)(F)F. The van der Waals surface area contributed by atoms with E-state index < -0.39 is 127 Å². The topological polar surface area (TPSA) is 223 Å². The van der Waals surface area contributed by atoms with Crippen LogP contribution in [0.25, 0.3) is 17.1 Å². The summed E-state index contributed by atoms with van der Waals surface area (Å²) in [5.41, 5.74) is -4.99. The van der Waals surface area contributed by atoms with E-state index in [1.54, 1.807) is 10.8 Å². The first-order valence-corrected chi connectivity index (χ1v) is 28.3. The molecule has 0 aliphatic carbocycles. The molecule has 0 bridgehead atoms. The molecule has 76 heavy (non-hydrogen) atoms. The summed E-state index contributed by atoms with van der Waals surface area (Å²) >= 11 is 38.9. The maximum absolute atomic E-state index is 12.8. The molecule has 0 amide bonds. The molecular weight excluding hydrogens is 1460 g/mol. The number of nitrogens with zero attached hydrogens (tertiary/aromatic N) is 9. The number of alkyl halides is 15. The Morgan fingerprint density at radius 3 is 1.14 bits per heavy atom. The van der Waals surface area contributed by atoms with E-state index in [-0.39, 0.29) is 42.1 Å². The first kappa shape index (κ1) is 69.6. The molecule has 3 aromatic heterocycles. The van der Waals surface area contributed by atoms with Gasteiger partial charge >= 0.3 is 29.5 Å². The lowest BCUT2D eigenvalue weighted by Crippen LogP contribution is -2.24. The highest BCUT2D eigenvalue weighted by molar-refractivity contribution is 15.0. The van der Waals surface area contributed by atoms with Crippen molar-refractivity contribution >= 4 is 146 Å². The van der Waals surface area contributed by atoms with Gasteiger partial charge in [-0.05, 0) is 36.4 Å². The second-order valence-electron chi connectivity index (χ2n) is 12.9. The molecule has 0 fully saturated rings. The van der Waals surface area contributed by atoms with Crippen LogP contribution >= 0.6 is 107 Å². The zero-order valence-electron chi connectivity index (χ0n) is 34.1. The smallest absolute Gasteiger partial charge is 0.384 e. The van der Waals surface area contributed by atoms with Crippen molar-refractivity contribution in [2.45, 2.75) is 49.3 Å². The lowest BCUT2D eigenvalue weighted by molar-refractivity contribution is -0.138. The van der Waals surface area contributed by atoms with Crippen molar-refractivity contribution in [1.29, 1.82) is 15.8 Å². The number of nitrogens with two attached hydrogens (primary N) is 2. The number of nitriles is 3. The minimum absolute atomic E-state index is 0. The van der Waals surface area contributed by atoms with Crippen LogP contribution in [-0.4, -0.2) is 48.8 Å². The highest BCUT2D eigenvalue weighted by atomic mass is 128. The summed E-state index contributed by atoms with van der Waals surface area (Å²) in [6, 6.07) is 9.94. The zero-order chi connectivity index (χ0) is 57.0. The average molecular weight is 1480 g/mol. The van der Waals surface area contributed by atoms with Gasteiger partial charge in [0.05, 0.1) is 46.8 Å². The van der Waals surface area contributed by atoms with Gasteiger partial charge in [-0.1, -0.05) is 84.5 Å². The van der Waals surface area contributed by atoms with E-state index in [1.807, 2.05) is 0 Å². The van der Waals surface area contributed by atoms with E-state index in [9.17, 15) is 74.3 Å². The summed E-state index contributed by atoms with van der Waals surface area (Å²) in [7, 11) is -7.28. The lowest BCUT2D eigenvalue weighted by atomic mass is 10.2. The van der Waals surface area contributed by atoms with E-state index in [1.165, 1.54) is 18.2 Å². The van der Waals surface area contributed by atoms with Gasteiger partial charge in [0.15, 0.2) is 27.9 Å². The van der Waals surface area contributed by atoms with Gasteiger partial charge in [-0.3, -0.25) is 4.72 Å². The van der Waals surface area contributed by atoms with Crippen LogP contribution in [0.1, 0.15) is 48.6 Å². The third-order valence-electron chi connectivity index (χ3n) is 8.13. The first-order valence-electron chi connectivity index (χ1n) is 17.5. The van der Waals surface area contributed by atoms with Crippen LogP contribution in [0.2, 0.25) is 30.1 Å². The molecule has 3 aromatic carbocycles. The molecule has 0 saturated heterocycles. The predicted octanol–water partition coefficient (Wildman–Crippen LogP) is 15.6. The van der Waals surface area contributed by atoms with E-state index in [2.05, 4.69) is 52.5 Å². The number of rotatable bonds is 6. The largest absolute Gasteiger partial charge is 0.490 e. The Bertz CT molecular complexity index is 3200. The first-order chi connectivity index (χ1) is 33.9. The molecule has 6 rings (SSSR count). The van der Waals surface area contributed by atoms with Crippen LogP contribution in [0.4, 0.5) is 83.3 Å². The summed E-state index contributed by atoms with van der Waals surface area (Å²) in [6.45, 7) is 0. The summed E-state index contributed by atoms with van der Waals surface area (Å²) in [4.78, 5) is -1.15. The quantitative estimate of drug-likeness (QED) is 0.106. The second kappa shape index (κ2) is 27.0. The van der Waals surface area contributed by atoms with Crippen molar-refractivity contribution in [2.75, 3.05) is 16.2 Å². The fourth-order valence-electron chi connectivity index (χ4n) is 5.21. The Kier molecular flexibility index (Phi) is 24.7. The standard InChI is InChI=1S/2C12H4Cl2F6N4OS.C11H5Cl2F3N4.2CH4.I2/c13-7-1-5(11(15,16)17)2-8(14)10(7)24-9(3-6(4-21)22-24)23-26(25)12(18,19)20;13-5-1-4(11(15,16)17)2-6(14)8(5)24-10(22)9(7(3-21)23-24)26(25)12(18,19)20;12-7-1-5(11(14,15)16)2-8(13)10(7)20-9(18)3-6(4-17)19-20;;;1-2/h1-3,23H;1-2H,22H2;1-3H,18H2;2*1H4;. The molecule has 5 N–H and O–H groups in total. The molecule has 3 heterocycles. The van der Waals surface area contributed by atoms with Crippen LogP contribution in [0.3, 0.4) is 0 Å². The van der Waals surface area contributed by atoms with Crippen molar-refractivity contribution in [3.05, 3.63) is 112 Å². The van der Waals surface area contributed by atoms with Gasteiger partial charge in [-0.25, -0.2) is 22.5 Å². The summed E-state index contributed by atoms with van der Waals surface area (Å²) in [6.07, 6.45) is -14.1. The highest BCUT2D eigenvalue weighted by Crippen LogP contribution is 2.42. The molecule has 2 atom stereocenters. The molecule has 0 radical (unpaired) electrons. The molecule has 0 aliphatic rings. The van der Waals surface area contributed by atoms with Crippen LogP contribution in [0.5, 0.6) is 0 Å². The molecule has 2 unspecified atom stereocenters. The van der Waals surface area contributed by atoms with Gasteiger partial charge in [0.25, 0.3) is 0 Å². The average Bonchev–Trinajstić information content (AvgIpc) is 3.95. The normalized spacial score (nSPS) is 12.3. The van der Waals surface area contributed by atoms with Gasteiger partial charge in [0, 0.05) is 49.4 Å². The van der Waals surface area contributed by atoms with Gasteiger partial charge in [-0.15, -0.1) is 0 Å². The zero-order valence-corrected chi connectivity index (χ0v) is 44.6. The fraction of sp³-hybridized carbons (Fsp3) is 0.189. The molecule has 39 heteroatoms. The maximum Gasteiger partial charge on any atom is 0.490 e. The van der Waals surface area contributed by atoms with Crippen LogP contribution in [0.15, 0.2) is 53.4 Å². The minimum atomic E-state index is -5.25. The predicted molar refractivity (Wildman–Crippen MR) is 271 cm³/mol. The Labute approximate surface area is 474 Å². The number of nitrogen functional groups attached to an aromatic ring is 2. The molecule has 14 nitrogen and oxygen atoms in total. The van der Waals surface area contributed by atoms with Crippen molar-refractivity contribution in [2.24, 2.45) is 0 Å². The number of nitrogens with one attached hydrogen (secondary N) is 1. The van der Waals surface area contributed by atoms with Crippen molar-refractivity contribution in [1.82, 2.24) is 29.3 Å². The summed E-state index contributed by atoms with van der Waals surface area (Å²) in [5, 5.41) is 34.2. The van der Waals surface area contributed by atoms with Gasteiger partial charge in [-0.2, -0.15) is 96.9 Å². The number of hydrogen-bond acceptors (Lipinski definition) is 10.